The second-order valence-corrected chi connectivity index (χ2v) is 7.34. The fourth-order valence-electron chi connectivity index (χ4n) is 4.42. The third-order valence-electron chi connectivity index (χ3n) is 5.72. The van der Waals surface area contributed by atoms with Crippen LogP contribution in [0.2, 0.25) is 0 Å². The number of pyridine rings is 1. The summed E-state index contributed by atoms with van der Waals surface area (Å²) < 4.78 is 32.5. The average Bonchev–Trinajstić information content (AvgIpc) is 2.94. The Balaban J connectivity index is 1.52. The van der Waals surface area contributed by atoms with E-state index in [2.05, 4.69) is 9.88 Å². The number of hydrogen-bond donors (Lipinski definition) is 0. The molecule has 1 amide bonds. The first-order valence-corrected chi connectivity index (χ1v) is 9.05. The van der Waals surface area contributed by atoms with Gasteiger partial charge in [-0.05, 0) is 31.6 Å². The number of aromatic nitrogens is 1. The number of fused-ring (bicyclic) bond motifs is 4. The van der Waals surface area contributed by atoms with Gasteiger partial charge in [-0.2, -0.15) is 0 Å². The maximum atomic E-state index is 14.0. The van der Waals surface area contributed by atoms with Crippen molar-refractivity contribution < 1.29 is 18.3 Å². The molecule has 2 atom stereocenters. The smallest absolute Gasteiger partial charge is 0.275 e. The summed E-state index contributed by atoms with van der Waals surface area (Å²) in [6, 6.07) is 1.30. The molecular formula is C18H23F2N3O2. The molecular weight excluding hydrogens is 328 g/mol. The van der Waals surface area contributed by atoms with Gasteiger partial charge in [0.2, 0.25) is 0 Å². The number of piperidine rings is 1. The maximum Gasteiger partial charge on any atom is 0.275 e. The van der Waals surface area contributed by atoms with Gasteiger partial charge < -0.3 is 9.64 Å². The van der Waals surface area contributed by atoms with Crippen molar-refractivity contribution >= 4 is 5.91 Å². The van der Waals surface area contributed by atoms with Crippen LogP contribution in [0, 0.1) is 17.6 Å². The van der Waals surface area contributed by atoms with Crippen LogP contribution in [0.1, 0.15) is 36.2 Å². The molecule has 4 saturated heterocycles. The summed E-state index contributed by atoms with van der Waals surface area (Å²) in [6.07, 6.45) is 4.98. The molecule has 5 rings (SSSR count). The third kappa shape index (κ3) is 3.40. The monoisotopic (exact) mass is 351 g/mol. The number of nitrogens with zero attached hydrogens (tertiary/aromatic N) is 3. The summed E-state index contributed by atoms with van der Waals surface area (Å²) in [5.41, 5.74) is -0.272. The van der Waals surface area contributed by atoms with E-state index in [1.807, 2.05) is 0 Å². The molecule has 1 aromatic rings. The Hall–Kier alpha value is -1.60. The number of hydrogen-bond acceptors (Lipinski definition) is 4. The van der Waals surface area contributed by atoms with Crippen LogP contribution < -0.4 is 0 Å². The minimum atomic E-state index is -0.883. The fraction of sp³-hybridized carbons (Fsp3) is 0.667. The van der Waals surface area contributed by atoms with Crippen molar-refractivity contribution in [1.29, 1.82) is 0 Å². The van der Waals surface area contributed by atoms with E-state index in [0.717, 1.165) is 64.2 Å². The summed E-state index contributed by atoms with van der Waals surface area (Å²) in [4.78, 5) is 20.8. The molecule has 0 spiro atoms. The van der Waals surface area contributed by atoms with Gasteiger partial charge in [-0.3, -0.25) is 9.69 Å². The van der Waals surface area contributed by atoms with Gasteiger partial charge in [0.1, 0.15) is 5.82 Å². The van der Waals surface area contributed by atoms with Gasteiger partial charge in [0.15, 0.2) is 11.5 Å². The lowest BCUT2D eigenvalue weighted by Gasteiger charge is -2.37. The van der Waals surface area contributed by atoms with Crippen molar-refractivity contribution in [2.45, 2.75) is 37.8 Å². The predicted octanol–water partition coefficient (Wildman–Crippen LogP) is 2.08. The van der Waals surface area contributed by atoms with E-state index in [0.29, 0.717) is 18.5 Å². The van der Waals surface area contributed by atoms with Crippen LogP contribution in [0.15, 0.2) is 12.3 Å². The minimum Gasteiger partial charge on any atom is -0.381 e. The molecule has 4 aliphatic heterocycles. The number of ether oxygens (including phenoxy) is 1. The molecule has 7 heteroatoms. The lowest BCUT2D eigenvalue weighted by molar-refractivity contribution is 0.0303. The number of carbonyl (C=O) groups excluding carboxylic acids is 1. The second-order valence-electron chi connectivity index (χ2n) is 7.34. The van der Waals surface area contributed by atoms with Crippen LogP contribution in [0.3, 0.4) is 0 Å². The molecule has 4 aliphatic rings. The Labute approximate surface area is 146 Å². The van der Waals surface area contributed by atoms with Gasteiger partial charge in [-0.15, -0.1) is 0 Å². The zero-order chi connectivity index (χ0) is 17.4. The van der Waals surface area contributed by atoms with Crippen molar-refractivity contribution in [3.63, 3.8) is 0 Å². The first kappa shape index (κ1) is 16.8. The molecule has 0 aliphatic carbocycles. The molecule has 5 nitrogen and oxygen atoms in total. The highest BCUT2D eigenvalue weighted by Gasteiger charge is 2.40. The van der Waals surface area contributed by atoms with Gasteiger partial charge in [0, 0.05) is 51.0 Å². The lowest BCUT2D eigenvalue weighted by Crippen LogP contribution is -2.48. The predicted molar refractivity (Wildman–Crippen MR) is 87.1 cm³/mol. The Morgan fingerprint density at radius 2 is 1.88 bits per heavy atom. The summed E-state index contributed by atoms with van der Waals surface area (Å²) in [5.74, 6) is -1.67. The molecule has 0 saturated carbocycles. The zero-order valence-corrected chi connectivity index (χ0v) is 14.2. The summed E-state index contributed by atoms with van der Waals surface area (Å²) in [5, 5.41) is 0. The second kappa shape index (κ2) is 6.96. The normalized spacial score (nSPS) is 28.2. The number of halogens is 2. The largest absolute Gasteiger partial charge is 0.381 e. The Morgan fingerprint density at radius 1 is 1.08 bits per heavy atom. The van der Waals surface area contributed by atoms with E-state index in [1.54, 1.807) is 4.90 Å². The van der Waals surface area contributed by atoms with E-state index in [4.69, 9.17) is 4.74 Å². The highest BCUT2D eigenvalue weighted by molar-refractivity contribution is 5.92. The fourth-order valence-corrected chi connectivity index (χ4v) is 4.42. The Kier molecular flexibility index (Phi) is 4.69. The van der Waals surface area contributed by atoms with Gasteiger partial charge >= 0.3 is 0 Å². The van der Waals surface area contributed by atoms with Crippen LogP contribution in [-0.4, -0.2) is 65.6 Å². The lowest BCUT2D eigenvalue weighted by atomic mass is 9.94. The van der Waals surface area contributed by atoms with Crippen LogP contribution >= 0.6 is 0 Å². The number of carbonyl (C=O) groups is 1. The van der Waals surface area contributed by atoms with Gasteiger partial charge in [-0.1, -0.05) is 0 Å². The molecule has 0 radical (unpaired) electrons. The van der Waals surface area contributed by atoms with Crippen molar-refractivity contribution in [2.24, 2.45) is 5.92 Å². The van der Waals surface area contributed by atoms with E-state index in [-0.39, 0.29) is 11.7 Å². The highest BCUT2D eigenvalue weighted by Crippen LogP contribution is 2.31. The van der Waals surface area contributed by atoms with Crippen LogP contribution in [-0.2, 0) is 4.74 Å². The maximum absolute atomic E-state index is 14.0. The van der Waals surface area contributed by atoms with E-state index >= 15 is 0 Å². The molecule has 136 valence electrons. The molecule has 2 bridgehead atoms. The van der Waals surface area contributed by atoms with Crippen molar-refractivity contribution in [3.05, 3.63) is 29.6 Å². The molecule has 25 heavy (non-hydrogen) atoms. The third-order valence-corrected chi connectivity index (χ3v) is 5.72. The van der Waals surface area contributed by atoms with Crippen LogP contribution in [0.5, 0.6) is 0 Å². The summed E-state index contributed by atoms with van der Waals surface area (Å²) in [6.45, 7) is 4.01. The Bertz CT molecular complexity index is 651. The first-order chi connectivity index (χ1) is 12.1. The minimum absolute atomic E-state index is 0.0698. The molecule has 0 unspecified atom stereocenters. The van der Waals surface area contributed by atoms with Gasteiger partial charge in [-0.25, -0.2) is 13.8 Å². The highest BCUT2D eigenvalue weighted by atomic mass is 19.1. The first-order valence-electron chi connectivity index (χ1n) is 9.05. The van der Waals surface area contributed by atoms with Crippen molar-refractivity contribution in [3.8, 4) is 0 Å². The average molecular weight is 351 g/mol. The summed E-state index contributed by atoms with van der Waals surface area (Å²) in [7, 11) is 0. The molecule has 0 aromatic carbocycles. The van der Waals surface area contributed by atoms with Crippen molar-refractivity contribution in [2.75, 3.05) is 32.8 Å². The number of rotatable bonds is 2. The molecule has 1 aromatic heterocycles. The molecule has 0 N–H and O–H groups in total. The summed E-state index contributed by atoms with van der Waals surface area (Å²) >= 11 is 0. The van der Waals surface area contributed by atoms with Crippen LogP contribution in [0.4, 0.5) is 8.78 Å². The van der Waals surface area contributed by atoms with Gasteiger partial charge in [0.25, 0.3) is 5.91 Å². The number of amides is 1. The van der Waals surface area contributed by atoms with E-state index in [9.17, 15) is 13.6 Å². The quantitative estimate of drug-likeness (QED) is 0.818. The van der Waals surface area contributed by atoms with E-state index < -0.39 is 17.5 Å². The van der Waals surface area contributed by atoms with Gasteiger partial charge in [0.05, 0.1) is 6.20 Å². The molecule has 5 heterocycles. The standard InChI is InChI=1S/C18H23F2N3O2/c19-13-7-16(20)17(21-8-13)18(24)23-10-12-1-2-15(23)11-22(9-12)14-3-5-25-6-4-14/h7-8,12,14-15H,1-6,9-11H2/t12-,15+/m0/s1. The van der Waals surface area contributed by atoms with Crippen molar-refractivity contribution in [1.82, 2.24) is 14.8 Å². The Morgan fingerprint density at radius 3 is 2.64 bits per heavy atom. The molecule has 4 fully saturated rings. The van der Waals surface area contributed by atoms with E-state index in [1.165, 1.54) is 0 Å². The topological polar surface area (TPSA) is 45.7 Å². The zero-order valence-electron chi connectivity index (χ0n) is 14.2. The SMILES string of the molecule is O=C(c1ncc(F)cc1F)N1C[C@H]2CC[C@@H]1CN(C1CCOCC1)C2. The van der Waals surface area contributed by atoms with Crippen LogP contribution in [0.25, 0.3) is 0 Å².